The zero-order valence-electron chi connectivity index (χ0n) is 16.3. The van der Waals surface area contributed by atoms with Gasteiger partial charge in [0.05, 0.1) is 23.1 Å². The fraction of sp³-hybridized carbons (Fsp3) is 0.300. The fourth-order valence-electron chi connectivity index (χ4n) is 3.50. The molecule has 0 bridgehead atoms. The van der Waals surface area contributed by atoms with Gasteiger partial charge in [0.25, 0.3) is 0 Å². The van der Waals surface area contributed by atoms with Gasteiger partial charge in [0.1, 0.15) is 41.9 Å². The Balaban J connectivity index is 1.64. The van der Waals surface area contributed by atoms with E-state index >= 15 is 0 Å². The van der Waals surface area contributed by atoms with Gasteiger partial charge in [-0.1, -0.05) is 0 Å². The van der Waals surface area contributed by atoms with Gasteiger partial charge in [-0.05, 0) is 37.1 Å². The van der Waals surface area contributed by atoms with Crippen molar-refractivity contribution in [3.8, 4) is 5.75 Å². The minimum atomic E-state index is -1.10. The smallest absolute Gasteiger partial charge is 0.146 e. The topological polar surface area (TPSA) is 99.4 Å². The first-order chi connectivity index (χ1) is 14.4. The Bertz CT molecular complexity index is 1070. The molecule has 3 aromatic rings. The zero-order chi connectivity index (χ0) is 21.3. The molecule has 7 nitrogen and oxygen atoms in total. The minimum Gasteiger partial charge on any atom is -0.598 e. The third-order valence-electron chi connectivity index (χ3n) is 4.91. The van der Waals surface area contributed by atoms with Gasteiger partial charge in [0.15, 0.2) is 0 Å². The van der Waals surface area contributed by atoms with Crippen LogP contribution in [-0.4, -0.2) is 44.3 Å². The Morgan fingerprint density at radius 3 is 2.90 bits per heavy atom. The molecule has 158 valence electrons. The third-order valence-corrected chi connectivity index (χ3v) is 5.97. The number of halogens is 2. The monoisotopic (exact) mass is 433 g/mol. The van der Waals surface area contributed by atoms with E-state index in [2.05, 4.69) is 15.3 Å². The third kappa shape index (κ3) is 4.40. The number of nitrogens with zero attached hydrogens (tertiary/aromatic N) is 3. The number of piperidine rings is 1. The number of benzene rings is 2. The average molecular weight is 433 g/mol. The number of hydrogen-bond donors (Lipinski definition) is 2. The maximum atomic E-state index is 14.5. The molecule has 4 rings (SSSR count). The van der Waals surface area contributed by atoms with E-state index in [4.69, 9.17) is 10.5 Å². The Morgan fingerprint density at radius 1 is 1.27 bits per heavy atom. The van der Waals surface area contributed by atoms with Gasteiger partial charge in [0.2, 0.25) is 0 Å². The summed E-state index contributed by atoms with van der Waals surface area (Å²) in [6, 6.07) is 6.80. The van der Waals surface area contributed by atoms with E-state index in [1.54, 1.807) is 12.3 Å². The van der Waals surface area contributed by atoms with Gasteiger partial charge in [-0.25, -0.2) is 18.7 Å². The van der Waals surface area contributed by atoms with Crippen molar-refractivity contribution < 1.29 is 18.1 Å². The Kier molecular flexibility index (Phi) is 5.89. The van der Waals surface area contributed by atoms with Crippen LogP contribution in [0.2, 0.25) is 0 Å². The quantitative estimate of drug-likeness (QED) is 0.470. The van der Waals surface area contributed by atoms with Crippen molar-refractivity contribution in [2.75, 3.05) is 30.4 Å². The van der Waals surface area contributed by atoms with Crippen LogP contribution in [-0.2, 0) is 11.4 Å². The van der Waals surface area contributed by atoms with E-state index in [9.17, 15) is 13.3 Å². The highest BCUT2D eigenvalue weighted by molar-refractivity contribution is 7.88. The van der Waals surface area contributed by atoms with E-state index in [0.29, 0.717) is 17.7 Å². The summed E-state index contributed by atoms with van der Waals surface area (Å²) in [6.45, 7) is 1.20. The summed E-state index contributed by atoms with van der Waals surface area (Å²) in [7, 11) is 0. The van der Waals surface area contributed by atoms with Crippen LogP contribution in [0.15, 0.2) is 36.7 Å². The number of nitrogens with two attached hydrogens (primary N) is 1. The van der Waals surface area contributed by atoms with Crippen LogP contribution < -0.4 is 15.8 Å². The van der Waals surface area contributed by atoms with Crippen molar-refractivity contribution in [2.45, 2.75) is 18.9 Å². The molecule has 2 aromatic carbocycles. The number of ether oxygens (including phenoxy) is 1. The number of aromatic nitrogens is 2. The Hall–Kier alpha value is -2.69. The van der Waals surface area contributed by atoms with Crippen LogP contribution in [0.5, 0.6) is 5.75 Å². The first kappa shape index (κ1) is 20.6. The van der Waals surface area contributed by atoms with E-state index in [0.717, 1.165) is 19.4 Å². The first-order valence-corrected chi connectivity index (χ1v) is 10.9. The molecule has 0 radical (unpaired) electrons. The molecular weight excluding hydrogens is 412 g/mol. The van der Waals surface area contributed by atoms with E-state index in [1.165, 1.54) is 30.6 Å². The van der Waals surface area contributed by atoms with Crippen LogP contribution in [0.25, 0.3) is 10.9 Å². The van der Waals surface area contributed by atoms with Crippen molar-refractivity contribution in [1.82, 2.24) is 14.3 Å². The normalized spacial score (nSPS) is 18.3. The minimum absolute atomic E-state index is 0.173. The molecule has 0 spiro atoms. The van der Waals surface area contributed by atoms with Gasteiger partial charge < -0.3 is 20.3 Å². The summed E-state index contributed by atoms with van der Waals surface area (Å²) < 4.78 is 48.1. The molecule has 2 atom stereocenters. The predicted molar refractivity (Wildman–Crippen MR) is 113 cm³/mol. The summed E-state index contributed by atoms with van der Waals surface area (Å²) in [5, 5.41) is 3.20. The number of fused-ring (bicyclic) bond motifs is 1. The summed E-state index contributed by atoms with van der Waals surface area (Å²) in [6.07, 6.45) is 4.26. The van der Waals surface area contributed by atoms with E-state index in [-0.39, 0.29) is 28.7 Å². The SMILES string of the molecule is C[S+]([O-])N1CCC[C@@H](Oc2cc(F)ccc2Nc2ncnc3cc(N)cc(F)c23)C1. The summed E-state index contributed by atoms with van der Waals surface area (Å²) >= 11 is -1.10. The van der Waals surface area contributed by atoms with Crippen LogP contribution >= 0.6 is 0 Å². The van der Waals surface area contributed by atoms with Crippen LogP contribution in [0.3, 0.4) is 0 Å². The molecule has 2 heterocycles. The maximum Gasteiger partial charge on any atom is 0.146 e. The molecule has 10 heteroatoms. The number of anilines is 3. The number of hydrogen-bond acceptors (Lipinski definition) is 7. The van der Waals surface area contributed by atoms with E-state index < -0.39 is 23.0 Å². The van der Waals surface area contributed by atoms with E-state index in [1.807, 2.05) is 4.31 Å². The summed E-state index contributed by atoms with van der Waals surface area (Å²) in [5.41, 5.74) is 6.73. The number of nitrogens with one attached hydrogen (secondary N) is 1. The Labute approximate surface area is 175 Å². The van der Waals surface area contributed by atoms with Gasteiger partial charge in [-0.2, -0.15) is 0 Å². The molecular formula is C20H21F2N5O2S. The average Bonchev–Trinajstić information content (AvgIpc) is 2.70. The Morgan fingerprint density at radius 2 is 2.10 bits per heavy atom. The van der Waals surface area contributed by atoms with Gasteiger partial charge in [-0.3, -0.25) is 0 Å². The molecule has 30 heavy (non-hydrogen) atoms. The van der Waals surface area contributed by atoms with Crippen LogP contribution in [0.4, 0.5) is 26.0 Å². The molecule has 0 amide bonds. The lowest BCUT2D eigenvalue weighted by atomic mass is 10.1. The summed E-state index contributed by atoms with van der Waals surface area (Å²) in [4.78, 5) is 8.20. The number of rotatable bonds is 5. The van der Waals surface area contributed by atoms with Crippen LogP contribution in [0.1, 0.15) is 12.8 Å². The van der Waals surface area contributed by atoms with Crippen molar-refractivity contribution in [3.63, 3.8) is 0 Å². The second-order valence-electron chi connectivity index (χ2n) is 7.08. The van der Waals surface area contributed by atoms with Gasteiger partial charge >= 0.3 is 0 Å². The molecule has 1 aliphatic heterocycles. The molecule has 1 saturated heterocycles. The highest BCUT2D eigenvalue weighted by Crippen LogP contribution is 2.33. The molecule has 1 unspecified atom stereocenters. The van der Waals surface area contributed by atoms with Crippen molar-refractivity contribution in [3.05, 3.63) is 48.3 Å². The molecule has 0 saturated carbocycles. The second-order valence-corrected chi connectivity index (χ2v) is 8.44. The zero-order valence-corrected chi connectivity index (χ0v) is 17.1. The van der Waals surface area contributed by atoms with Crippen molar-refractivity contribution in [1.29, 1.82) is 0 Å². The lowest BCUT2D eigenvalue weighted by molar-refractivity contribution is 0.130. The predicted octanol–water partition coefficient (Wildman–Crippen LogP) is 3.37. The molecule has 0 aliphatic carbocycles. The van der Waals surface area contributed by atoms with Crippen molar-refractivity contribution >= 4 is 39.5 Å². The maximum absolute atomic E-state index is 14.5. The standard InChI is InChI=1S/C20H21F2N5O2S/c1-30(28)27-6-2-3-14(10-27)29-18-7-12(21)4-5-16(18)26-20-19-15(22)8-13(23)9-17(19)24-11-25-20/h4-5,7-9,11,14H,2-3,6,10,23H2,1H3,(H,24,25,26)/t14-,30?/m1/s1. The fourth-order valence-corrected chi connectivity index (χ4v) is 4.26. The van der Waals surface area contributed by atoms with Gasteiger partial charge in [-0.15, -0.1) is 4.31 Å². The molecule has 1 aliphatic rings. The van der Waals surface area contributed by atoms with Crippen molar-refractivity contribution in [2.24, 2.45) is 0 Å². The molecule has 3 N–H and O–H groups in total. The largest absolute Gasteiger partial charge is 0.598 e. The molecule has 1 fully saturated rings. The number of nitrogen functional groups attached to an aromatic ring is 1. The van der Waals surface area contributed by atoms with Crippen LogP contribution in [0, 0.1) is 11.6 Å². The first-order valence-electron chi connectivity index (χ1n) is 9.42. The lowest BCUT2D eigenvalue weighted by Crippen LogP contribution is -2.43. The summed E-state index contributed by atoms with van der Waals surface area (Å²) in [5.74, 6) is -0.542. The highest BCUT2D eigenvalue weighted by atomic mass is 32.2. The highest BCUT2D eigenvalue weighted by Gasteiger charge is 2.27. The lowest BCUT2D eigenvalue weighted by Gasteiger charge is -2.31. The second kappa shape index (κ2) is 8.58. The molecule has 1 aromatic heterocycles. The van der Waals surface area contributed by atoms with Gasteiger partial charge in [0, 0.05) is 29.7 Å².